The van der Waals surface area contributed by atoms with Gasteiger partial charge in [-0.3, -0.25) is 0 Å². The number of hydrogen-bond acceptors (Lipinski definition) is 3. The number of nitrogens with zero attached hydrogens (tertiary/aromatic N) is 1. The minimum atomic E-state index is 0.556. The summed E-state index contributed by atoms with van der Waals surface area (Å²) in [5, 5.41) is 0. The van der Waals surface area contributed by atoms with E-state index in [2.05, 4.69) is 24.1 Å². The molecule has 1 heterocycles. The van der Waals surface area contributed by atoms with E-state index in [1.807, 2.05) is 12.2 Å². The minimum absolute atomic E-state index is 0.556. The highest BCUT2D eigenvalue weighted by molar-refractivity contribution is 5.71. The molecule has 0 unspecified atom stereocenters. The summed E-state index contributed by atoms with van der Waals surface area (Å²) in [5.74, 6) is 0.992. The lowest BCUT2D eigenvalue weighted by Crippen LogP contribution is -2.12. The molecule has 3 nitrogen and oxygen atoms in total. The third-order valence-corrected chi connectivity index (χ3v) is 3.01. The van der Waals surface area contributed by atoms with Gasteiger partial charge >= 0.3 is 0 Å². The van der Waals surface area contributed by atoms with Crippen molar-refractivity contribution in [2.45, 2.75) is 6.42 Å². The Morgan fingerprint density at radius 1 is 1.50 bits per heavy atom. The van der Waals surface area contributed by atoms with Crippen LogP contribution in [0, 0.1) is 0 Å². The molecule has 1 aliphatic heterocycles. The van der Waals surface area contributed by atoms with Gasteiger partial charge in [0.15, 0.2) is 0 Å². The van der Waals surface area contributed by atoms with Crippen LogP contribution >= 0.6 is 0 Å². The Morgan fingerprint density at radius 2 is 2.31 bits per heavy atom. The fourth-order valence-corrected chi connectivity index (χ4v) is 2.20. The number of methoxy groups -OCH3 is 1. The molecule has 1 aromatic carbocycles. The second kappa shape index (κ2) is 4.58. The summed E-state index contributed by atoms with van der Waals surface area (Å²) >= 11 is 0. The van der Waals surface area contributed by atoms with Crippen molar-refractivity contribution in [3.05, 3.63) is 29.3 Å². The maximum atomic E-state index is 5.51. The first-order valence-electron chi connectivity index (χ1n) is 5.55. The molecule has 0 atom stereocenters. The van der Waals surface area contributed by atoms with Gasteiger partial charge in [-0.2, -0.15) is 0 Å². The van der Waals surface area contributed by atoms with Gasteiger partial charge in [0.25, 0.3) is 0 Å². The number of anilines is 1. The molecule has 0 spiro atoms. The van der Waals surface area contributed by atoms with E-state index in [-0.39, 0.29) is 0 Å². The van der Waals surface area contributed by atoms with Crippen LogP contribution in [0.3, 0.4) is 0 Å². The molecule has 0 amide bonds. The zero-order chi connectivity index (χ0) is 11.5. The van der Waals surface area contributed by atoms with Crippen molar-refractivity contribution in [1.82, 2.24) is 0 Å². The van der Waals surface area contributed by atoms with Gasteiger partial charge in [0, 0.05) is 37.0 Å². The van der Waals surface area contributed by atoms with Crippen molar-refractivity contribution in [1.29, 1.82) is 0 Å². The van der Waals surface area contributed by atoms with Crippen LogP contribution in [0.25, 0.3) is 6.08 Å². The highest BCUT2D eigenvalue weighted by atomic mass is 16.5. The maximum Gasteiger partial charge on any atom is 0.131 e. The summed E-state index contributed by atoms with van der Waals surface area (Å²) in [6.07, 6.45) is 5.03. The molecule has 0 saturated carbocycles. The van der Waals surface area contributed by atoms with E-state index in [9.17, 15) is 0 Å². The smallest absolute Gasteiger partial charge is 0.131 e. The molecule has 0 aromatic heterocycles. The normalized spacial score (nSPS) is 14.6. The van der Waals surface area contributed by atoms with Crippen molar-refractivity contribution in [2.24, 2.45) is 5.73 Å². The molecular weight excluding hydrogens is 200 g/mol. The highest BCUT2D eigenvalue weighted by Gasteiger charge is 2.20. The number of fused-ring (bicyclic) bond motifs is 1. The average Bonchev–Trinajstić information content (AvgIpc) is 2.68. The second-order valence-electron chi connectivity index (χ2n) is 4.00. The van der Waals surface area contributed by atoms with Crippen molar-refractivity contribution in [3.8, 4) is 5.75 Å². The topological polar surface area (TPSA) is 38.5 Å². The molecule has 1 aliphatic rings. The molecule has 1 aromatic rings. The van der Waals surface area contributed by atoms with Crippen molar-refractivity contribution >= 4 is 11.8 Å². The van der Waals surface area contributed by atoms with Crippen molar-refractivity contribution in [2.75, 3.05) is 32.1 Å². The number of rotatable bonds is 3. The summed E-state index contributed by atoms with van der Waals surface area (Å²) in [6.45, 7) is 1.62. The second-order valence-corrected chi connectivity index (χ2v) is 4.00. The van der Waals surface area contributed by atoms with Gasteiger partial charge in [-0.15, -0.1) is 0 Å². The standard InChI is InChI=1S/C13H18N2O/c1-15-9-7-11-12(15)6-5-10(4-3-8-14)13(11)16-2/h3-6H,7-9,14H2,1-2H3/b4-3+. The Kier molecular flexibility index (Phi) is 3.15. The number of likely N-dealkylation sites (N-methyl/N-ethyl adjacent to an activating group) is 1. The van der Waals surface area contributed by atoms with Gasteiger partial charge in [-0.25, -0.2) is 0 Å². The third-order valence-electron chi connectivity index (χ3n) is 3.01. The zero-order valence-electron chi connectivity index (χ0n) is 9.86. The molecule has 0 fully saturated rings. The van der Waals surface area contributed by atoms with Crippen LogP contribution in [-0.2, 0) is 6.42 Å². The molecular formula is C13H18N2O. The van der Waals surface area contributed by atoms with E-state index < -0.39 is 0 Å². The molecule has 2 rings (SSSR count). The predicted molar refractivity (Wildman–Crippen MR) is 68.1 cm³/mol. The van der Waals surface area contributed by atoms with Crippen molar-refractivity contribution in [3.63, 3.8) is 0 Å². The predicted octanol–water partition coefficient (Wildman–Crippen LogP) is 1.66. The minimum Gasteiger partial charge on any atom is -0.496 e. The largest absolute Gasteiger partial charge is 0.496 e. The number of nitrogens with two attached hydrogens (primary N) is 1. The molecule has 0 bridgehead atoms. The van der Waals surface area contributed by atoms with E-state index in [4.69, 9.17) is 10.5 Å². The summed E-state index contributed by atoms with van der Waals surface area (Å²) in [4.78, 5) is 2.26. The average molecular weight is 218 g/mol. The van der Waals surface area contributed by atoms with Crippen LogP contribution in [-0.4, -0.2) is 27.2 Å². The first kappa shape index (κ1) is 11.0. The van der Waals surface area contributed by atoms with Crippen LogP contribution in [0.15, 0.2) is 18.2 Å². The number of benzene rings is 1. The van der Waals surface area contributed by atoms with Crippen LogP contribution in [0.2, 0.25) is 0 Å². The van der Waals surface area contributed by atoms with Crippen LogP contribution < -0.4 is 15.4 Å². The Morgan fingerprint density at radius 3 is 3.00 bits per heavy atom. The Labute approximate surface area is 96.5 Å². The molecule has 0 saturated heterocycles. The van der Waals surface area contributed by atoms with Gasteiger partial charge in [0.2, 0.25) is 0 Å². The van der Waals surface area contributed by atoms with Gasteiger partial charge in [0.1, 0.15) is 5.75 Å². The first-order valence-corrected chi connectivity index (χ1v) is 5.55. The highest BCUT2D eigenvalue weighted by Crippen LogP contribution is 2.37. The molecule has 0 aliphatic carbocycles. The fourth-order valence-electron chi connectivity index (χ4n) is 2.20. The van der Waals surface area contributed by atoms with Gasteiger partial charge in [-0.1, -0.05) is 12.2 Å². The molecule has 0 radical (unpaired) electrons. The summed E-state index contributed by atoms with van der Waals surface area (Å²) < 4.78 is 5.51. The van der Waals surface area contributed by atoms with E-state index >= 15 is 0 Å². The summed E-state index contributed by atoms with van der Waals surface area (Å²) in [6, 6.07) is 4.24. The van der Waals surface area contributed by atoms with Gasteiger partial charge in [0.05, 0.1) is 7.11 Å². The van der Waals surface area contributed by atoms with E-state index in [1.54, 1.807) is 7.11 Å². The lowest BCUT2D eigenvalue weighted by atomic mass is 10.1. The monoisotopic (exact) mass is 218 g/mol. The van der Waals surface area contributed by atoms with Gasteiger partial charge < -0.3 is 15.4 Å². The third kappa shape index (κ3) is 1.78. The fraction of sp³-hybridized carbons (Fsp3) is 0.385. The first-order chi connectivity index (χ1) is 7.77. The van der Waals surface area contributed by atoms with E-state index in [0.29, 0.717) is 6.54 Å². The Bertz CT molecular complexity index is 413. The quantitative estimate of drug-likeness (QED) is 0.838. The summed E-state index contributed by atoms with van der Waals surface area (Å²) in [7, 11) is 3.84. The van der Waals surface area contributed by atoms with Crippen molar-refractivity contribution < 1.29 is 4.74 Å². The SMILES string of the molecule is COc1c(/C=C/CN)ccc2c1CCN2C. The molecule has 2 N–H and O–H groups in total. The number of hydrogen-bond donors (Lipinski definition) is 1. The van der Waals surface area contributed by atoms with Crippen LogP contribution in [0.1, 0.15) is 11.1 Å². The zero-order valence-corrected chi connectivity index (χ0v) is 9.86. The number of ether oxygens (including phenoxy) is 1. The lowest BCUT2D eigenvalue weighted by molar-refractivity contribution is 0.410. The van der Waals surface area contributed by atoms with E-state index in [1.165, 1.54) is 11.3 Å². The molecule has 3 heteroatoms. The molecule has 86 valence electrons. The van der Waals surface area contributed by atoms with Gasteiger partial charge in [-0.05, 0) is 18.6 Å². The van der Waals surface area contributed by atoms with E-state index in [0.717, 1.165) is 24.3 Å². The summed E-state index contributed by atoms with van der Waals surface area (Å²) in [5.41, 5.74) is 9.17. The maximum absolute atomic E-state index is 5.51. The van der Waals surface area contributed by atoms with Crippen LogP contribution in [0.4, 0.5) is 5.69 Å². The van der Waals surface area contributed by atoms with Crippen LogP contribution in [0.5, 0.6) is 5.75 Å². The Hall–Kier alpha value is -1.48. The lowest BCUT2D eigenvalue weighted by Gasteiger charge is -2.14. The molecule has 16 heavy (non-hydrogen) atoms. The Balaban J connectivity index is 2.46.